The van der Waals surface area contributed by atoms with Crippen molar-refractivity contribution < 1.29 is 13.6 Å². The zero-order valence-corrected chi connectivity index (χ0v) is 17.5. The van der Waals surface area contributed by atoms with E-state index in [0.29, 0.717) is 16.5 Å². The number of carbonyl (C=O) groups is 1. The molecular formula is C22H15ClF2N4OS. The van der Waals surface area contributed by atoms with Crippen molar-refractivity contribution in [2.75, 3.05) is 11.1 Å². The zero-order chi connectivity index (χ0) is 21.8. The Bertz CT molecular complexity index is 1220. The highest BCUT2D eigenvalue weighted by Crippen LogP contribution is 2.28. The quantitative estimate of drug-likeness (QED) is 0.384. The van der Waals surface area contributed by atoms with Crippen LogP contribution >= 0.6 is 23.4 Å². The third kappa shape index (κ3) is 4.76. The van der Waals surface area contributed by atoms with E-state index in [0.717, 1.165) is 17.4 Å². The number of para-hydroxylation sites is 1. The summed E-state index contributed by atoms with van der Waals surface area (Å²) in [6.45, 7) is 0. The minimum absolute atomic E-state index is 0.00891. The molecule has 0 unspecified atom stereocenters. The summed E-state index contributed by atoms with van der Waals surface area (Å²) < 4.78 is 29.2. The van der Waals surface area contributed by atoms with Crippen LogP contribution in [-0.4, -0.2) is 26.4 Å². The fraction of sp³-hybridized carbons (Fsp3) is 0.0455. The topological polar surface area (TPSA) is 59.8 Å². The molecule has 4 aromatic rings. The van der Waals surface area contributed by atoms with Crippen LogP contribution in [0.5, 0.6) is 0 Å². The molecule has 1 aromatic heterocycles. The molecule has 1 N–H and O–H groups in total. The molecule has 0 radical (unpaired) electrons. The fourth-order valence-corrected chi connectivity index (χ4v) is 3.80. The average molecular weight is 457 g/mol. The molecule has 5 nitrogen and oxygen atoms in total. The summed E-state index contributed by atoms with van der Waals surface area (Å²) in [5.74, 6) is -0.977. The molecule has 0 atom stereocenters. The van der Waals surface area contributed by atoms with E-state index in [4.69, 9.17) is 11.6 Å². The Morgan fingerprint density at radius 2 is 1.71 bits per heavy atom. The monoisotopic (exact) mass is 456 g/mol. The number of nitrogens with zero attached hydrogens (tertiary/aromatic N) is 3. The van der Waals surface area contributed by atoms with Gasteiger partial charge in [-0.25, -0.2) is 8.78 Å². The van der Waals surface area contributed by atoms with E-state index in [1.165, 1.54) is 24.3 Å². The molecule has 0 aliphatic rings. The lowest BCUT2D eigenvalue weighted by atomic mass is 10.2. The second-order valence-electron chi connectivity index (χ2n) is 6.42. The molecule has 0 spiro atoms. The Morgan fingerprint density at radius 1 is 0.968 bits per heavy atom. The smallest absolute Gasteiger partial charge is 0.234 e. The molecule has 0 aliphatic carbocycles. The number of thioether (sulfide) groups is 1. The molecule has 156 valence electrons. The van der Waals surface area contributed by atoms with Gasteiger partial charge < -0.3 is 5.32 Å². The van der Waals surface area contributed by atoms with Gasteiger partial charge in [0.25, 0.3) is 0 Å². The summed E-state index contributed by atoms with van der Waals surface area (Å²) in [4.78, 5) is 12.4. The molecular weight excluding hydrogens is 442 g/mol. The van der Waals surface area contributed by atoms with Crippen LogP contribution in [0.1, 0.15) is 0 Å². The highest BCUT2D eigenvalue weighted by Gasteiger charge is 2.18. The predicted octanol–water partition coefficient (Wildman–Crippen LogP) is 5.60. The van der Waals surface area contributed by atoms with E-state index in [1.54, 1.807) is 22.8 Å². The van der Waals surface area contributed by atoms with Crippen LogP contribution in [0.4, 0.5) is 14.5 Å². The number of amides is 1. The van der Waals surface area contributed by atoms with Gasteiger partial charge in [-0.3, -0.25) is 9.36 Å². The molecule has 0 bridgehead atoms. The minimum atomic E-state index is -0.687. The lowest BCUT2D eigenvalue weighted by Gasteiger charge is -2.11. The summed E-state index contributed by atoms with van der Waals surface area (Å²) >= 11 is 6.90. The highest BCUT2D eigenvalue weighted by molar-refractivity contribution is 7.99. The molecule has 1 heterocycles. The number of aromatic nitrogens is 3. The van der Waals surface area contributed by atoms with E-state index < -0.39 is 11.7 Å². The van der Waals surface area contributed by atoms with Crippen LogP contribution in [0.2, 0.25) is 5.02 Å². The van der Waals surface area contributed by atoms with Crippen molar-refractivity contribution >= 4 is 35.0 Å². The van der Waals surface area contributed by atoms with Gasteiger partial charge in [0.05, 0.1) is 16.5 Å². The van der Waals surface area contributed by atoms with E-state index in [2.05, 4.69) is 15.5 Å². The van der Waals surface area contributed by atoms with E-state index >= 15 is 0 Å². The van der Waals surface area contributed by atoms with Gasteiger partial charge in [0.2, 0.25) is 5.91 Å². The van der Waals surface area contributed by atoms with Crippen LogP contribution in [0.25, 0.3) is 17.1 Å². The summed E-state index contributed by atoms with van der Waals surface area (Å²) in [6.07, 6.45) is 0. The van der Waals surface area contributed by atoms with Crippen molar-refractivity contribution in [3.8, 4) is 17.1 Å². The molecule has 0 saturated heterocycles. The summed E-state index contributed by atoms with van der Waals surface area (Å²) in [5.41, 5.74) is 1.47. The first-order chi connectivity index (χ1) is 15.0. The second kappa shape index (κ2) is 9.28. The van der Waals surface area contributed by atoms with Crippen molar-refractivity contribution in [2.45, 2.75) is 5.16 Å². The number of hydrogen-bond acceptors (Lipinski definition) is 4. The molecule has 0 aliphatic heterocycles. The van der Waals surface area contributed by atoms with Crippen molar-refractivity contribution in [1.82, 2.24) is 14.8 Å². The largest absolute Gasteiger partial charge is 0.323 e. The number of rotatable bonds is 6. The van der Waals surface area contributed by atoms with Crippen LogP contribution in [0, 0.1) is 11.6 Å². The molecule has 9 heteroatoms. The van der Waals surface area contributed by atoms with Crippen molar-refractivity contribution in [1.29, 1.82) is 0 Å². The molecule has 3 aromatic carbocycles. The third-order valence-electron chi connectivity index (χ3n) is 4.31. The molecule has 31 heavy (non-hydrogen) atoms. The van der Waals surface area contributed by atoms with Crippen LogP contribution in [0.15, 0.2) is 78.0 Å². The lowest BCUT2D eigenvalue weighted by molar-refractivity contribution is -0.113. The van der Waals surface area contributed by atoms with Crippen LogP contribution < -0.4 is 5.32 Å². The maximum absolute atomic E-state index is 14.0. The van der Waals surface area contributed by atoms with Gasteiger partial charge in [-0.15, -0.1) is 10.2 Å². The van der Waals surface area contributed by atoms with Gasteiger partial charge in [0, 0.05) is 11.3 Å². The van der Waals surface area contributed by atoms with Crippen LogP contribution in [0.3, 0.4) is 0 Å². The van der Waals surface area contributed by atoms with Gasteiger partial charge >= 0.3 is 0 Å². The third-order valence-corrected chi connectivity index (χ3v) is 5.53. The standard InChI is InChI=1S/C22H15ClF2N4OS/c23-17-7-4-8-18(20(17)25)26-19(30)13-31-22-28-27-21(14-9-11-15(24)12-10-14)29(22)16-5-2-1-3-6-16/h1-12H,13H2,(H,26,30). The number of hydrogen-bond donors (Lipinski definition) is 1. The number of halogens is 3. The second-order valence-corrected chi connectivity index (χ2v) is 7.77. The predicted molar refractivity (Wildman–Crippen MR) is 118 cm³/mol. The fourth-order valence-electron chi connectivity index (χ4n) is 2.88. The van der Waals surface area contributed by atoms with E-state index in [1.807, 2.05) is 30.3 Å². The summed E-state index contributed by atoms with van der Waals surface area (Å²) in [7, 11) is 0. The average Bonchev–Trinajstić information content (AvgIpc) is 3.20. The minimum Gasteiger partial charge on any atom is -0.323 e. The molecule has 4 rings (SSSR count). The van der Waals surface area contributed by atoms with E-state index in [9.17, 15) is 13.6 Å². The summed E-state index contributed by atoms with van der Waals surface area (Å²) in [6, 6.07) is 19.7. The maximum Gasteiger partial charge on any atom is 0.234 e. The SMILES string of the molecule is O=C(CSc1nnc(-c2ccc(F)cc2)n1-c1ccccc1)Nc1cccc(Cl)c1F. The van der Waals surface area contributed by atoms with Crippen molar-refractivity contribution in [3.05, 3.63) is 89.5 Å². The lowest BCUT2D eigenvalue weighted by Crippen LogP contribution is -2.15. The number of benzene rings is 3. The van der Waals surface area contributed by atoms with Crippen molar-refractivity contribution in [3.63, 3.8) is 0 Å². The van der Waals surface area contributed by atoms with E-state index in [-0.39, 0.29) is 22.3 Å². The first-order valence-corrected chi connectivity index (χ1v) is 10.5. The van der Waals surface area contributed by atoms with Gasteiger partial charge in [-0.2, -0.15) is 0 Å². The maximum atomic E-state index is 14.0. The van der Waals surface area contributed by atoms with Gasteiger partial charge in [-0.1, -0.05) is 47.6 Å². The molecule has 1 amide bonds. The Labute approximate surface area is 186 Å². The van der Waals surface area contributed by atoms with Crippen LogP contribution in [-0.2, 0) is 4.79 Å². The number of carbonyl (C=O) groups excluding carboxylic acids is 1. The Balaban J connectivity index is 1.59. The zero-order valence-electron chi connectivity index (χ0n) is 15.9. The molecule has 0 fully saturated rings. The Morgan fingerprint density at radius 3 is 2.45 bits per heavy atom. The number of nitrogens with one attached hydrogen (secondary N) is 1. The normalized spacial score (nSPS) is 10.8. The van der Waals surface area contributed by atoms with Gasteiger partial charge in [0.15, 0.2) is 16.8 Å². The molecule has 0 saturated carbocycles. The Hall–Kier alpha value is -3.23. The highest BCUT2D eigenvalue weighted by atomic mass is 35.5. The van der Waals surface area contributed by atoms with Gasteiger partial charge in [0.1, 0.15) is 5.82 Å². The number of anilines is 1. The first-order valence-electron chi connectivity index (χ1n) is 9.16. The Kier molecular flexibility index (Phi) is 6.29. The van der Waals surface area contributed by atoms with Gasteiger partial charge in [-0.05, 0) is 48.5 Å². The first kappa shape index (κ1) is 21.0. The summed E-state index contributed by atoms with van der Waals surface area (Å²) in [5, 5.41) is 11.4. The van der Waals surface area contributed by atoms with Crippen molar-refractivity contribution in [2.24, 2.45) is 0 Å².